The minimum Gasteiger partial charge on any atom is -0.759 e. The van der Waals surface area contributed by atoms with Crippen LogP contribution in [0.3, 0.4) is 0 Å². The summed E-state index contributed by atoms with van der Waals surface area (Å²) in [6.45, 7) is 5.85. The fourth-order valence-corrected chi connectivity index (χ4v) is 1.21. The van der Waals surface area contributed by atoms with Crippen LogP contribution in [0.5, 0.6) is 0 Å². The van der Waals surface area contributed by atoms with Crippen molar-refractivity contribution in [2.24, 2.45) is 5.92 Å². The van der Waals surface area contributed by atoms with Gasteiger partial charge in [-0.05, 0) is 12.3 Å². The third kappa shape index (κ3) is 38.3. The fraction of sp³-hybridized carbons (Fsp3) is 1.00. The SMILES string of the molecule is CCCCC(CC)COCCO.O=S(=O)([O-])[O-].[Na+].[Na+]. The van der Waals surface area contributed by atoms with Gasteiger partial charge in [-0.25, -0.2) is 0 Å². The van der Waals surface area contributed by atoms with Crippen LogP contribution in [0, 0.1) is 5.92 Å². The van der Waals surface area contributed by atoms with E-state index < -0.39 is 10.4 Å². The van der Waals surface area contributed by atoms with Crippen LogP contribution in [0.15, 0.2) is 0 Å². The van der Waals surface area contributed by atoms with E-state index in [1.165, 1.54) is 25.7 Å². The summed E-state index contributed by atoms with van der Waals surface area (Å²) in [6.07, 6.45) is 5.00. The summed E-state index contributed by atoms with van der Waals surface area (Å²) in [7, 11) is -5.17. The normalized spacial score (nSPS) is 11.4. The van der Waals surface area contributed by atoms with Crippen molar-refractivity contribution in [1.29, 1.82) is 0 Å². The molecule has 0 bridgehead atoms. The van der Waals surface area contributed by atoms with Crippen molar-refractivity contribution in [2.45, 2.75) is 39.5 Å². The van der Waals surface area contributed by atoms with Crippen molar-refractivity contribution >= 4 is 10.4 Å². The molecule has 0 aliphatic heterocycles. The topological polar surface area (TPSA) is 110 Å². The van der Waals surface area contributed by atoms with Crippen molar-refractivity contribution in [2.75, 3.05) is 19.8 Å². The van der Waals surface area contributed by atoms with Gasteiger partial charge in [-0.2, -0.15) is 0 Å². The Hall–Kier alpha value is 1.79. The van der Waals surface area contributed by atoms with Crippen LogP contribution in [0.1, 0.15) is 39.5 Å². The average Bonchev–Trinajstić information content (AvgIpc) is 2.21. The van der Waals surface area contributed by atoms with E-state index in [2.05, 4.69) is 13.8 Å². The molecule has 19 heavy (non-hydrogen) atoms. The number of rotatable bonds is 8. The van der Waals surface area contributed by atoms with E-state index in [0.717, 1.165) is 6.61 Å². The predicted octanol–water partition coefficient (Wildman–Crippen LogP) is -5.12. The molecule has 0 aliphatic carbocycles. The van der Waals surface area contributed by atoms with Gasteiger partial charge in [-0.3, -0.25) is 8.42 Å². The molecule has 0 heterocycles. The maximum absolute atomic E-state index is 8.52. The number of hydrogen-bond acceptors (Lipinski definition) is 6. The zero-order valence-corrected chi connectivity index (χ0v) is 17.2. The first-order valence-electron chi connectivity index (χ1n) is 5.70. The molecule has 0 aromatic rings. The minimum atomic E-state index is -5.17. The quantitative estimate of drug-likeness (QED) is 0.208. The van der Waals surface area contributed by atoms with Crippen LogP contribution in [0.25, 0.3) is 0 Å². The van der Waals surface area contributed by atoms with E-state index >= 15 is 0 Å². The van der Waals surface area contributed by atoms with Crippen molar-refractivity contribution in [3.8, 4) is 0 Å². The number of unbranched alkanes of at least 4 members (excludes halogenated alkanes) is 1. The Morgan fingerprint density at radius 1 is 1.21 bits per heavy atom. The summed E-state index contributed by atoms with van der Waals surface area (Å²) in [4.78, 5) is 0. The summed E-state index contributed by atoms with van der Waals surface area (Å²) in [5.74, 6) is 0.691. The molecule has 1 unspecified atom stereocenters. The Kier molecular flexibility index (Phi) is 30.1. The van der Waals surface area contributed by atoms with Crippen LogP contribution in [0.4, 0.5) is 0 Å². The molecule has 0 spiro atoms. The number of ether oxygens (including phenoxy) is 1. The molecule has 0 amide bonds. The molecule has 0 radical (unpaired) electrons. The van der Waals surface area contributed by atoms with Crippen LogP contribution in [-0.4, -0.2) is 42.5 Å². The van der Waals surface area contributed by atoms with E-state index in [0.29, 0.717) is 12.5 Å². The largest absolute Gasteiger partial charge is 1.00 e. The molecule has 0 saturated carbocycles. The minimum absolute atomic E-state index is 0. The first-order chi connectivity index (χ1) is 7.85. The van der Waals surface area contributed by atoms with Crippen molar-refractivity contribution in [1.82, 2.24) is 0 Å². The van der Waals surface area contributed by atoms with Gasteiger partial charge in [0.15, 0.2) is 0 Å². The first kappa shape index (κ1) is 28.9. The molecule has 0 rings (SSSR count). The molecule has 9 heteroatoms. The Bertz CT molecular complexity index is 240. The molecule has 0 aliphatic rings. The fourth-order valence-electron chi connectivity index (χ4n) is 1.21. The predicted molar refractivity (Wildman–Crippen MR) is 61.7 cm³/mol. The van der Waals surface area contributed by atoms with E-state index in [4.69, 9.17) is 27.4 Å². The van der Waals surface area contributed by atoms with Gasteiger partial charge >= 0.3 is 59.1 Å². The van der Waals surface area contributed by atoms with Gasteiger partial charge in [0.25, 0.3) is 0 Å². The van der Waals surface area contributed by atoms with Crippen LogP contribution in [0.2, 0.25) is 0 Å². The Morgan fingerprint density at radius 3 is 2.00 bits per heavy atom. The van der Waals surface area contributed by atoms with Crippen LogP contribution in [-0.2, 0) is 15.1 Å². The van der Waals surface area contributed by atoms with Crippen molar-refractivity contribution in [3.05, 3.63) is 0 Å². The van der Waals surface area contributed by atoms with Gasteiger partial charge in [-0.15, -0.1) is 0 Å². The second-order valence-electron chi connectivity index (χ2n) is 3.62. The summed E-state index contributed by atoms with van der Waals surface area (Å²) >= 11 is 0. The van der Waals surface area contributed by atoms with Gasteiger partial charge in [-0.1, -0.05) is 33.1 Å². The molecule has 0 fully saturated rings. The molecular formula is C10H22Na2O6S. The Morgan fingerprint density at radius 2 is 1.68 bits per heavy atom. The molecule has 1 N–H and O–H groups in total. The maximum Gasteiger partial charge on any atom is 1.00 e. The van der Waals surface area contributed by atoms with Crippen molar-refractivity contribution < 1.29 is 86.5 Å². The average molecular weight is 316 g/mol. The first-order valence-corrected chi connectivity index (χ1v) is 7.03. The number of aliphatic hydroxyl groups is 1. The van der Waals surface area contributed by atoms with E-state index in [-0.39, 0.29) is 65.7 Å². The van der Waals surface area contributed by atoms with Gasteiger partial charge in [0, 0.05) is 17.0 Å². The monoisotopic (exact) mass is 316 g/mol. The number of hydrogen-bond donors (Lipinski definition) is 1. The maximum atomic E-state index is 8.52. The number of aliphatic hydroxyl groups excluding tert-OH is 1. The Labute approximate surface area is 160 Å². The smallest absolute Gasteiger partial charge is 0.759 e. The van der Waals surface area contributed by atoms with E-state index in [1.54, 1.807) is 0 Å². The van der Waals surface area contributed by atoms with Crippen LogP contribution < -0.4 is 59.1 Å². The van der Waals surface area contributed by atoms with Gasteiger partial charge < -0.3 is 18.9 Å². The second-order valence-corrected chi connectivity index (χ2v) is 4.44. The molecule has 6 nitrogen and oxygen atoms in total. The van der Waals surface area contributed by atoms with Gasteiger partial charge in [0.05, 0.1) is 13.2 Å². The van der Waals surface area contributed by atoms with Gasteiger partial charge in [0.1, 0.15) is 0 Å². The molecule has 0 aromatic carbocycles. The molecule has 0 saturated heterocycles. The summed E-state index contributed by atoms with van der Waals surface area (Å²) in [6, 6.07) is 0. The molecule has 106 valence electrons. The third-order valence-corrected chi connectivity index (χ3v) is 2.13. The summed E-state index contributed by atoms with van der Waals surface area (Å²) in [5, 5.41) is 8.50. The van der Waals surface area contributed by atoms with E-state index in [9.17, 15) is 0 Å². The summed E-state index contributed by atoms with van der Waals surface area (Å²) < 4.78 is 39.4. The van der Waals surface area contributed by atoms with E-state index in [1.807, 2.05) is 0 Å². The summed E-state index contributed by atoms with van der Waals surface area (Å²) in [5.41, 5.74) is 0. The van der Waals surface area contributed by atoms with Crippen LogP contribution >= 0.6 is 0 Å². The second kappa shape index (κ2) is 19.8. The van der Waals surface area contributed by atoms with Crippen molar-refractivity contribution in [3.63, 3.8) is 0 Å². The Balaban J connectivity index is -0.000000139. The standard InChI is InChI=1S/C10H22O2.2Na.H2O4S/c1-3-5-6-10(4-2)9-12-8-7-11;;;1-5(2,3)4/h10-11H,3-9H2,1-2H3;;;(H2,1,2,3,4)/q;2*+1;/p-2. The molecule has 1 atom stereocenters. The molecular weight excluding hydrogens is 294 g/mol. The zero-order chi connectivity index (χ0) is 13.7. The van der Waals surface area contributed by atoms with Gasteiger partial charge in [0.2, 0.25) is 0 Å². The zero-order valence-electron chi connectivity index (χ0n) is 12.4. The molecule has 0 aromatic heterocycles. The third-order valence-electron chi connectivity index (χ3n) is 2.13.